The summed E-state index contributed by atoms with van der Waals surface area (Å²) in [5.41, 5.74) is 7.19. The molecule has 1 aromatic carbocycles. The average Bonchev–Trinajstić information content (AvgIpc) is 2.38. The van der Waals surface area contributed by atoms with Gasteiger partial charge in [-0.2, -0.15) is 0 Å². The number of methoxy groups -OCH3 is 1. The molecule has 0 saturated heterocycles. The van der Waals surface area contributed by atoms with Crippen LogP contribution in [0.25, 0.3) is 0 Å². The zero-order valence-electron chi connectivity index (χ0n) is 11.3. The van der Waals surface area contributed by atoms with Crippen molar-refractivity contribution in [3.05, 3.63) is 23.8 Å². The topological polar surface area (TPSA) is 87.8 Å². The summed E-state index contributed by atoms with van der Waals surface area (Å²) in [6.45, 7) is 3.15. The molecule has 0 aliphatic rings. The van der Waals surface area contributed by atoms with E-state index < -0.39 is 5.97 Å². The smallest absolute Gasteiger partial charge is 0.335 e. The van der Waals surface area contributed by atoms with Crippen LogP contribution in [0, 0.1) is 0 Å². The van der Waals surface area contributed by atoms with Gasteiger partial charge in [-0.15, -0.1) is 0 Å². The molecule has 0 aromatic heterocycles. The minimum Gasteiger partial charge on any atom is -0.478 e. The molecule has 19 heavy (non-hydrogen) atoms. The molecule has 0 saturated carbocycles. The molecule has 0 bridgehead atoms. The van der Waals surface area contributed by atoms with E-state index in [-0.39, 0.29) is 5.56 Å². The Morgan fingerprint density at radius 2 is 2.21 bits per heavy atom. The predicted molar refractivity (Wildman–Crippen MR) is 75.7 cm³/mol. The Kier molecular flexibility index (Phi) is 6.11. The number of carboxylic acids is 1. The molecule has 1 aromatic rings. The van der Waals surface area contributed by atoms with Gasteiger partial charge >= 0.3 is 5.97 Å². The van der Waals surface area contributed by atoms with Crippen LogP contribution < -0.4 is 11.1 Å². The zero-order chi connectivity index (χ0) is 14.3. The van der Waals surface area contributed by atoms with Gasteiger partial charge in [0.15, 0.2) is 0 Å². The maximum absolute atomic E-state index is 10.8. The summed E-state index contributed by atoms with van der Waals surface area (Å²) < 4.78 is 4.99. The lowest BCUT2D eigenvalue weighted by molar-refractivity contribution is 0.0697. The molecular weight excluding hydrogens is 246 g/mol. The second-order valence-corrected chi connectivity index (χ2v) is 4.33. The molecular formula is C13H21N3O3. The van der Waals surface area contributed by atoms with Gasteiger partial charge in [0.1, 0.15) is 0 Å². The Morgan fingerprint density at radius 3 is 2.79 bits per heavy atom. The summed E-state index contributed by atoms with van der Waals surface area (Å²) >= 11 is 0. The SMILES string of the molecule is COCCN(C)CCNc1ccc(C(=O)O)cc1N. The number of nitrogens with zero attached hydrogens (tertiary/aromatic N) is 1. The summed E-state index contributed by atoms with van der Waals surface area (Å²) in [4.78, 5) is 12.9. The minimum atomic E-state index is -0.974. The van der Waals surface area contributed by atoms with Gasteiger partial charge in [0.2, 0.25) is 0 Å². The number of nitrogen functional groups attached to an aromatic ring is 1. The number of anilines is 2. The zero-order valence-corrected chi connectivity index (χ0v) is 11.3. The molecule has 0 heterocycles. The number of hydrogen-bond acceptors (Lipinski definition) is 5. The van der Waals surface area contributed by atoms with Crippen LogP contribution >= 0.6 is 0 Å². The van der Waals surface area contributed by atoms with E-state index in [9.17, 15) is 4.79 Å². The maximum atomic E-state index is 10.8. The van der Waals surface area contributed by atoms with Crippen LogP contribution in [0.5, 0.6) is 0 Å². The van der Waals surface area contributed by atoms with Gasteiger partial charge in [-0.25, -0.2) is 4.79 Å². The lowest BCUT2D eigenvalue weighted by Gasteiger charge is -2.17. The second-order valence-electron chi connectivity index (χ2n) is 4.33. The molecule has 1 rings (SSSR count). The first-order valence-electron chi connectivity index (χ1n) is 6.08. The fraction of sp³-hybridized carbons (Fsp3) is 0.462. The first-order chi connectivity index (χ1) is 9.04. The molecule has 0 fully saturated rings. The minimum absolute atomic E-state index is 0.195. The largest absolute Gasteiger partial charge is 0.478 e. The number of nitrogens with one attached hydrogen (secondary N) is 1. The second kappa shape index (κ2) is 7.60. The van der Waals surface area contributed by atoms with Crippen LogP contribution in [0.3, 0.4) is 0 Å². The standard InChI is InChI=1S/C13H21N3O3/c1-16(7-8-19-2)6-5-15-12-4-3-10(13(17)18)9-11(12)14/h3-4,9,15H,5-8,14H2,1-2H3,(H,17,18). The van der Waals surface area contributed by atoms with E-state index in [1.807, 2.05) is 7.05 Å². The molecule has 0 radical (unpaired) electrons. The van der Waals surface area contributed by atoms with Gasteiger partial charge in [-0.1, -0.05) is 0 Å². The number of rotatable bonds is 8. The molecule has 106 valence electrons. The van der Waals surface area contributed by atoms with Crippen LogP contribution in [0.1, 0.15) is 10.4 Å². The first-order valence-corrected chi connectivity index (χ1v) is 6.08. The summed E-state index contributed by atoms with van der Waals surface area (Å²) in [6.07, 6.45) is 0. The van der Waals surface area contributed by atoms with Crippen LogP contribution in [0.2, 0.25) is 0 Å². The lowest BCUT2D eigenvalue weighted by atomic mass is 10.2. The number of carbonyl (C=O) groups is 1. The Morgan fingerprint density at radius 1 is 1.47 bits per heavy atom. The van der Waals surface area contributed by atoms with Crippen LogP contribution in [-0.2, 0) is 4.74 Å². The van der Waals surface area contributed by atoms with Gasteiger partial charge in [0, 0.05) is 26.7 Å². The summed E-state index contributed by atoms with van der Waals surface area (Å²) in [6, 6.07) is 4.68. The first kappa shape index (κ1) is 15.3. The van der Waals surface area contributed by atoms with Crippen molar-refractivity contribution in [3.8, 4) is 0 Å². The number of likely N-dealkylation sites (N-methyl/N-ethyl adjacent to an activating group) is 1. The predicted octanol–water partition coefficient (Wildman–Crippen LogP) is 0.957. The summed E-state index contributed by atoms with van der Waals surface area (Å²) in [7, 11) is 3.69. The fourth-order valence-corrected chi connectivity index (χ4v) is 1.60. The number of benzene rings is 1. The van der Waals surface area contributed by atoms with Crippen molar-refractivity contribution in [3.63, 3.8) is 0 Å². The van der Waals surface area contributed by atoms with Crippen molar-refractivity contribution in [2.24, 2.45) is 0 Å². The highest BCUT2D eigenvalue weighted by Crippen LogP contribution is 2.19. The van der Waals surface area contributed by atoms with Crippen LogP contribution in [0.4, 0.5) is 11.4 Å². The fourth-order valence-electron chi connectivity index (χ4n) is 1.60. The molecule has 0 aliphatic heterocycles. The van der Waals surface area contributed by atoms with Crippen molar-refractivity contribution < 1.29 is 14.6 Å². The number of nitrogens with two attached hydrogens (primary N) is 1. The van der Waals surface area contributed by atoms with Gasteiger partial charge in [0.05, 0.1) is 23.5 Å². The molecule has 6 nitrogen and oxygen atoms in total. The molecule has 0 atom stereocenters. The van der Waals surface area contributed by atoms with Gasteiger partial charge < -0.3 is 25.8 Å². The highest BCUT2D eigenvalue weighted by Gasteiger charge is 2.06. The quantitative estimate of drug-likeness (QED) is 0.608. The Labute approximate surface area is 113 Å². The van der Waals surface area contributed by atoms with Crippen molar-refractivity contribution in [2.45, 2.75) is 0 Å². The lowest BCUT2D eigenvalue weighted by Crippen LogP contribution is -2.28. The Balaban J connectivity index is 2.43. The van der Waals surface area contributed by atoms with Crippen molar-refractivity contribution >= 4 is 17.3 Å². The molecule has 4 N–H and O–H groups in total. The third kappa shape index (κ3) is 5.15. The maximum Gasteiger partial charge on any atom is 0.335 e. The summed E-state index contributed by atoms with van der Waals surface area (Å²) in [5, 5.41) is 12.0. The van der Waals surface area contributed by atoms with E-state index in [0.717, 1.165) is 25.3 Å². The Hall–Kier alpha value is -1.79. The third-order valence-electron chi connectivity index (χ3n) is 2.78. The number of hydrogen-bond donors (Lipinski definition) is 3. The third-order valence-corrected chi connectivity index (χ3v) is 2.78. The van der Waals surface area contributed by atoms with E-state index in [1.54, 1.807) is 13.2 Å². The molecule has 0 amide bonds. The number of ether oxygens (including phenoxy) is 1. The highest BCUT2D eigenvalue weighted by molar-refractivity contribution is 5.90. The van der Waals surface area contributed by atoms with E-state index in [0.29, 0.717) is 12.3 Å². The van der Waals surface area contributed by atoms with Crippen LogP contribution in [-0.4, -0.2) is 56.4 Å². The molecule has 0 unspecified atom stereocenters. The normalized spacial score (nSPS) is 10.7. The molecule has 6 heteroatoms. The van der Waals surface area contributed by atoms with E-state index >= 15 is 0 Å². The van der Waals surface area contributed by atoms with Crippen molar-refractivity contribution in [1.82, 2.24) is 4.90 Å². The van der Waals surface area contributed by atoms with Crippen LogP contribution in [0.15, 0.2) is 18.2 Å². The van der Waals surface area contributed by atoms with Gasteiger partial charge in [-0.05, 0) is 25.2 Å². The van der Waals surface area contributed by atoms with Crippen molar-refractivity contribution in [2.75, 3.05) is 51.4 Å². The van der Waals surface area contributed by atoms with Crippen molar-refractivity contribution in [1.29, 1.82) is 0 Å². The average molecular weight is 267 g/mol. The highest BCUT2D eigenvalue weighted by atomic mass is 16.5. The summed E-state index contributed by atoms with van der Waals surface area (Å²) in [5.74, 6) is -0.974. The van der Waals surface area contributed by atoms with Gasteiger partial charge in [0.25, 0.3) is 0 Å². The monoisotopic (exact) mass is 267 g/mol. The van der Waals surface area contributed by atoms with E-state index in [2.05, 4.69) is 10.2 Å². The molecule has 0 spiro atoms. The van der Waals surface area contributed by atoms with E-state index in [1.165, 1.54) is 12.1 Å². The number of carboxylic acid groups (broad SMARTS) is 1. The van der Waals surface area contributed by atoms with Gasteiger partial charge in [-0.3, -0.25) is 0 Å². The molecule has 0 aliphatic carbocycles. The number of aromatic carboxylic acids is 1. The Bertz CT molecular complexity index is 424. The van der Waals surface area contributed by atoms with E-state index in [4.69, 9.17) is 15.6 Å².